The molecule has 2 aliphatic heterocycles. The predicted octanol–water partition coefficient (Wildman–Crippen LogP) is 4.46. The quantitative estimate of drug-likeness (QED) is 0.650. The van der Waals surface area contributed by atoms with Crippen LogP contribution in [0, 0.1) is 0 Å². The van der Waals surface area contributed by atoms with Crippen molar-refractivity contribution in [3.05, 3.63) is 0 Å². The van der Waals surface area contributed by atoms with Crippen molar-refractivity contribution in [1.29, 1.82) is 0 Å². The third-order valence-electron chi connectivity index (χ3n) is 4.47. The van der Waals surface area contributed by atoms with E-state index in [2.05, 4.69) is 35.3 Å². The topological polar surface area (TPSA) is 9.23 Å². The van der Waals surface area contributed by atoms with Gasteiger partial charge in [0.1, 0.15) is 0 Å². The van der Waals surface area contributed by atoms with Gasteiger partial charge in [-0.2, -0.15) is 0 Å². The molecule has 4 rings (SSSR count). The Bertz CT molecular complexity index is 248. The fraction of sp³-hybridized carbons (Fsp3) is 1.00. The highest BCUT2D eigenvalue weighted by Crippen LogP contribution is 2.67. The summed E-state index contributed by atoms with van der Waals surface area (Å²) < 4.78 is 6.61. The summed E-state index contributed by atoms with van der Waals surface area (Å²) in [5.74, 6) is 0. The molecule has 1 spiro atoms. The third-order valence-corrected chi connectivity index (χ3v) is 10.1. The van der Waals surface area contributed by atoms with E-state index < -0.39 is 0 Å². The van der Waals surface area contributed by atoms with E-state index in [-0.39, 0.29) is 3.60 Å². The second-order valence-electron chi connectivity index (χ2n) is 5.69. The third kappa shape index (κ3) is 2.07. The van der Waals surface area contributed by atoms with Crippen LogP contribution in [0.3, 0.4) is 0 Å². The van der Waals surface area contributed by atoms with Crippen LogP contribution in [0.25, 0.3) is 0 Å². The van der Waals surface area contributed by atoms with Crippen LogP contribution in [0.15, 0.2) is 0 Å². The number of thioether (sulfide) groups is 3. The van der Waals surface area contributed by atoms with Gasteiger partial charge in [0, 0.05) is 15.7 Å². The molecule has 0 aromatic heterocycles. The zero-order valence-electron chi connectivity index (χ0n) is 10.1. The van der Waals surface area contributed by atoms with Gasteiger partial charge < -0.3 is 4.74 Å². The lowest BCUT2D eigenvalue weighted by Gasteiger charge is -2.22. The maximum Gasteiger partial charge on any atom is 0.209 e. The average Bonchev–Trinajstić information content (AvgIpc) is 2.87. The van der Waals surface area contributed by atoms with Crippen LogP contribution in [0.2, 0.25) is 0 Å². The van der Waals surface area contributed by atoms with Crippen molar-refractivity contribution in [3.63, 3.8) is 0 Å². The van der Waals surface area contributed by atoms with Crippen LogP contribution in [0.4, 0.5) is 0 Å². The first-order valence-electron chi connectivity index (χ1n) is 7.06. The summed E-state index contributed by atoms with van der Waals surface area (Å²) in [6.45, 7) is 0. The molecule has 4 unspecified atom stereocenters. The summed E-state index contributed by atoms with van der Waals surface area (Å²) in [5, 5.41) is 2.59. The molecule has 17 heavy (non-hydrogen) atoms. The van der Waals surface area contributed by atoms with E-state index in [1.807, 2.05) is 0 Å². The van der Waals surface area contributed by atoms with E-state index in [0.717, 1.165) is 15.7 Å². The number of rotatable bonds is 0. The van der Waals surface area contributed by atoms with E-state index in [1.54, 1.807) is 0 Å². The lowest BCUT2D eigenvalue weighted by Crippen LogP contribution is -2.24. The summed E-state index contributed by atoms with van der Waals surface area (Å²) >= 11 is 6.52. The van der Waals surface area contributed by atoms with Gasteiger partial charge in [-0.15, -0.1) is 23.5 Å². The second-order valence-corrected chi connectivity index (χ2v) is 10.7. The van der Waals surface area contributed by atoms with Gasteiger partial charge >= 0.3 is 0 Å². The Hall–Kier alpha value is 1.01. The molecular formula is C13H20OS3. The Morgan fingerprint density at radius 2 is 1.24 bits per heavy atom. The maximum absolute atomic E-state index is 6.49. The van der Waals surface area contributed by atoms with Gasteiger partial charge in [-0.3, -0.25) is 0 Å². The molecule has 4 heteroatoms. The molecule has 2 saturated carbocycles. The van der Waals surface area contributed by atoms with Crippen molar-refractivity contribution in [1.82, 2.24) is 0 Å². The van der Waals surface area contributed by atoms with Gasteiger partial charge in [-0.1, -0.05) is 37.4 Å². The van der Waals surface area contributed by atoms with Crippen LogP contribution in [-0.4, -0.2) is 25.5 Å². The van der Waals surface area contributed by atoms with Gasteiger partial charge in [0.2, 0.25) is 3.60 Å². The summed E-state index contributed by atoms with van der Waals surface area (Å²) in [6, 6.07) is 0. The number of fused-ring (bicyclic) bond motifs is 2. The summed E-state index contributed by atoms with van der Waals surface area (Å²) in [6.07, 6.45) is 11.9. The highest BCUT2D eigenvalue weighted by Gasteiger charge is 2.56. The summed E-state index contributed by atoms with van der Waals surface area (Å²) in [5.41, 5.74) is 0. The van der Waals surface area contributed by atoms with Crippen LogP contribution in [-0.2, 0) is 4.74 Å². The lowest BCUT2D eigenvalue weighted by molar-refractivity contribution is 0.0579. The van der Waals surface area contributed by atoms with Gasteiger partial charge in [-0.05, 0) is 25.7 Å². The van der Waals surface area contributed by atoms with E-state index in [1.165, 1.54) is 51.4 Å². The van der Waals surface area contributed by atoms with Gasteiger partial charge in [0.15, 0.2) is 0 Å². The second kappa shape index (κ2) is 4.53. The fourth-order valence-electron chi connectivity index (χ4n) is 3.57. The molecule has 4 aliphatic rings. The van der Waals surface area contributed by atoms with Crippen LogP contribution < -0.4 is 0 Å². The minimum atomic E-state index is 0.110. The molecule has 4 fully saturated rings. The van der Waals surface area contributed by atoms with Crippen molar-refractivity contribution in [2.45, 2.75) is 76.8 Å². The first kappa shape index (κ1) is 11.8. The molecule has 2 aliphatic carbocycles. The molecule has 96 valence electrons. The number of hydrogen-bond acceptors (Lipinski definition) is 4. The molecule has 0 amide bonds. The molecule has 2 saturated heterocycles. The molecule has 0 N–H and O–H groups in total. The van der Waals surface area contributed by atoms with Crippen molar-refractivity contribution in [2.75, 3.05) is 0 Å². The molecule has 2 heterocycles. The zero-order valence-corrected chi connectivity index (χ0v) is 12.5. The summed E-state index contributed by atoms with van der Waals surface area (Å²) in [7, 11) is 0. The Morgan fingerprint density at radius 1 is 0.706 bits per heavy atom. The van der Waals surface area contributed by atoms with Crippen molar-refractivity contribution >= 4 is 35.3 Å². The van der Waals surface area contributed by atoms with Crippen molar-refractivity contribution < 1.29 is 4.74 Å². The van der Waals surface area contributed by atoms with Gasteiger partial charge in [-0.25, -0.2) is 0 Å². The largest absolute Gasteiger partial charge is 0.341 e. The molecule has 0 bridgehead atoms. The van der Waals surface area contributed by atoms with E-state index in [0.29, 0.717) is 6.10 Å². The standard InChI is InChI=1S/C13H20OS3/c1-2-6-10-9(5-1)14-13(15-10)16-11-7-3-4-8-12(11)17-13/h9-12H,1-8H2. The molecule has 4 atom stereocenters. The Labute approximate surface area is 117 Å². The van der Waals surface area contributed by atoms with E-state index in [4.69, 9.17) is 4.74 Å². The highest BCUT2D eigenvalue weighted by molar-refractivity contribution is 8.36. The molecular weight excluding hydrogens is 268 g/mol. The molecule has 1 nitrogen and oxygen atoms in total. The maximum atomic E-state index is 6.49. The summed E-state index contributed by atoms with van der Waals surface area (Å²) in [4.78, 5) is 0. The first-order valence-corrected chi connectivity index (χ1v) is 9.70. The SMILES string of the molecule is C1CCC2SC3(OC2C1)SC1CCCCC1S3. The smallest absolute Gasteiger partial charge is 0.209 e. The van der Waals surface area contributed by atoms with Crippen LogP contribution in [0.1, 0.15) is 51.4 Å². The molecule has 0 aromatic carbocycles. The van der Waals surface area contributed by atoms with E-state index in [9.17, 15) is 0 Å². The Balaban J connectivity index is 1.51. The Kier molecular flexibility index (Phi) is 3.15. The highest BCUT2D eigenvalue weighted by atomic mass is 32.3. The van der Waals surface area contributed by atoms with Crippen molar-refractivity contribution in [2.24, 2.45) is 0 Å². The normalized spacial score (nSPS) is 53.6. The minimum absolute atomic E-state index is 0.110. The van der Waals surface area contributed by atoms with Crippen LogP contribution in [0.5, 0.6) is 0 Å². The fourth-order valence-corrected chi connectivity index (χ4v) is 10.2. The number of ether oxygens (including phenoxy) is 1. The Morgan fingerprint density at radius 3 is 1.88 bits per heavy atom. The van der Waals surface area contributed by atoms with E-state index >= 15 is 0 Å². The predicted molar refractivity (Wildman–Crippen MR) is 78.7 cm³/mol. The van der Waals surface area contributed by atoms with Crippen molar-refractivity contribution in [3.8, 4) is 0 Å². The number of hydrogen-bond donors (Lipinski definition) is 0. The molecule has 0 aromatic rings. The lowest BCUT2D eigenvalue weighted by atomic mass is 9.97. The first-order chi connectivity index (χ1) is 8.35. The zero-order chi connectivity index (χ0) is 11.3. The minimum Gasteiger partial charge on any atom is -0.341 e. The average molecular weight is 289 g/mol. The van der Waals surface area contributed by atoms with Gasteiger partial charge in [0.05, 0.1) is 6.10 Å². The molecule has 0 radical (unpaired) electrons. The monoisotopic (exact) mass is 288 g/mol. The van der Waals surface area contributed by atoms with Gasteiger partial charge in [0.25, 0.3) is 0 Å². The van der Waals surface area contributed by atoms with Crippen LogP contribution >= 0.6 is 35.3 Å².